The fourth-order valence-corrected chi connectivity index (χ4v) is 1.84. The van der Waals surface area contributed by atoms with Crippen LogP contribution < -0.4 is 5.73 Å². The molecule has 1 unspecified atom stereocenters. The van der Waals surface area contributed by atoms with Crippen molar-refractivity contribution in [3.8, 4) is 0 Å². The molecular formula is C11H17NO2. The van der Waals surface area contributed by atoms with Crippen LogP contribution in [0.25, 0.3) is 0 Å². The molecule has 1 aliphatic heterocycles. The molecule has 2 rings (SSSR count). The molecule has 2 N–H and O–H groups in total. The van der Waals surface area contributed by atoms with Crippen molar-refractivity contribution in [3.05, 3.63) is 24.2 Å². The first kappa shape index (κ1) is 9.74. The van der Waals surface area contributed by atoms with Gasteiger partial charge in [0.15, 0.2) is 0 Å². The van der Waals surface area contributed by atoms with Crippen molar-refractivity contribution in [2.24, 2.45) is 5.73 Å². The van der Waals surface area contributed by atoms with Crippen molar-refractivity contribution in [2.75, 3.05) is 13.2 Å². The lowest BCUT2D eigenvalue weighted by molar-refractivity contribution is -0.0755. The van der Waals surface area contributed by atoms with Gasteiger partial charge in [0.2, 0.25) is 0 Å². The number of nitrogens with two attached hydrogens (primary N) is 1. The van der Waals surface area contributed by atoms with E-state index in [2.05, 4.69) is 0 Å². The van der Waals surface area contributed by atoms with Gasteiger partial charge in [0.05, 0.1) is 24.9 Å². The van der Waals surface area contributed by atoms with Crippen molar-refractivity contribution in [2.45, 2.75) is 31.2 Å². The first-order valence-corrected chi connectivity index (χ1v) is 5.10. The van der Waals surface area contributed by atoms with Gasteiger partial charge in [-0.2, -0.15) is 0 Å². The Morgan fingerprint density at radius 1 is 1.57 bits per heavy atom. The van der Waals surface area contributed by atoms with E-state index in [1.54, 1.807) is 6.26 Å². The monoisotopic (exact) mass is 195 g/mol. The fourth-order valence-electron chi connectivity index (χ4n) is 1.84. The number of furan rings is 1. The Morgan fingerprint density at radius 2 is 2.36 bits per heavy atom. The van der Waals surface area contributed by atoms with E-state index in [9.17, 15) is 0 Å². The minimum absolute atomic E-state index is 0.108. The average Bonchev–Trinajstić information content (AvgIpc) is 2.55. The summed E-state index contributed by atoms with van der Waals surface area (Å²) in [4.78, 5) is 0. The Balaban J connectivity index is 2.03. The predicted molar refractivity (Wildman–Crippen MR) is 54.1 cm³/mol. The van der Waals surface area contributed by atoms with Crippen molar-refractivity contribution >= 4 is 0 Å². The van der Waals surface area contributed by atoms with Crippen LogP contribution in [-0.2, 0) is 10.2 Å². The summed E-state index contributed by atoms with van der Waals surface area (Å²) >= 11 is 0. The highest BCUT2D eigenvalue weighted by Gasteiger charge is 2.42. The maximum absolute atomic E-state index is 5.76. The smallest absolute Gasteiger partial charge is 0.114 e. The van der Waals surface area contributed by atoms with E-state index < -0.39 is 0 Å². The van der Waals surface area contributed by atoms with Crippen LogP contribution in [0, 0.1) is 0 Å². The Labute approximate surface area is 84.2 Å². The molecule has 1 aromatic rings. The van der Waals surface area contributed by atoms with E-state index in [1.165, 1.54) is 0 Å². The quantitative estimate of drug-likeness (QED) is 0.795. The standard InChI is InChI=1S/C11H17NO2/c1-9(12)4-5-11(7-13-8-11)10-3-2-6-14-10/h2-3,6,9H,4-5,7-8,12H2,1H3. The number of hydrogen-bond acceptors (Lipinski definition) is 3. The fraction of sp³-hybridized carbons (Fsp3) is 0.636. The number of ether oxygens (including phenoxy) is 1. The molecule has 1 aliphatic rings. The van der Waals surface area contributed by atoms with Gasteiger partial charge in [0.25, 0.3) is 0 Å². The molecular weight excluding hydrogens is 178 g/mol. The lowest BCUT2D eigenvalue weighted by Gasteiger charge is -2.40. The van der Waals surface area contributed by atoms with E-state index in [1.807, 2.05) is 19.1 Å². The largest absolute Gasteiger partial charge is 0.469 e. The van der Waals surface area contributed by atoms with Gasteiger partial charge in [-0.15, -0.1) is 0 Å². The molecule has 78 valence electrons. The van der Waals surface area contributed by atoms with Gasteiger partial charge < -0.3 is 14.9 Å². The molecule has 3 nitrogen and oxygen atoms in total. The van der Waals surface area contributed by atoms with E-state index in [0.717, 1.165) is 31.8 Å². The second-order valence-corrected chi connectivity index (χ2v) is 4.27. The zero-order valence-electron chi connectivity index (χ0n) is 8.53. The normalized spacial score (nSPS) is 21.6. The van der Waals surface area contributed by atoms with Crippen molar-refractivity contribution in [3.63, 3.8) is 0 Å². The second-order valence-electron chi connectivity index (χ2n) is 4.27. The Bertz CT molecular complexity index is 275. The molecule has 0 aromatic carbocycles. The maximum Gasteiger partial charge on any atom is 0.114 e. The number of rotatable bonds is 4. The summed E-state index contributed by atoms with van der Waals surface area (Å²) in [6.07, 6.45) is 3.80. The topological polar surface area (TPSA) is 48.4 Å². The van der Waals surface area contributed by atoms with Crippen molar-refractivity contribution in [1.82, 2.24) is 0 Å². The van der Waals surface area contributed by atoms with Crippen LogP contribution in [0.3, 0.4) is 0 Å². The first-order chi connectivity index (χ1) is 6.73. The van der Waals surface area contributed by atoms with E-state index in [-0.39, 0.29) is 11.5 Å². The Hall–Kier alpha value is -0.800. The third-order valence-electron chi connectivity index (χ3n) is 2.88. The van der Waals surface area contributed by atoms with Gasteiger partial charge in [-0.05, 0) is 31.9 Å². The summed E-state index contributed by atoms with van der Waals surface area (Å²) in [5.74, 6) is 1.05. The maximum atomic E-state index is 5.76. The van der Waals surface area contributed by atoms with Gasteiger partial charge in [-0.25, -0.2) is 0 Å². The second kappa shape index (κ2) is 3.75. The molecule has 0 aliphatic carbocycles. The molecule has 14 heavy (non-hydrogen) atoms. The predicted octanol–water partition coefficient (Wildman–Crippen LogP) is 1.68. The molecule has 2 heterocycles. The lowest BCUT2D eigenvalue weighted by Crippen LogP contribution is -2.47. The minimum Gasteiger partial charge on any atom is -0.469 e. The molecule has 0 saturated carbocycles. The van der Waals surface area contributed by atoms with Gasteiger partial charge in [0, 0.05) is 6.04 Å². The van der Waals surface area contributed by atoms with Gasteiger partial charge in [-0.1, -0.05) is 0 Å². The molecule has 0 radical (unpaired) electrons. The summed E-state index contributed by atoms with van der Waals surface area (Å²) in [6.45, 7) is 3.58. The van der Waals surface area contributed by atoms with E-state index in [0.29, 0.717) is 0 Å². The third-order valence-corrected chi connectivity index (χ3v) is 2.88. The van der Waals surface area contributed by atoms with Crippen LogP contribution in [0.5, 0.6) is 0 Å². The van der Waals surface area contributed by atoms with Crippen LogP contribution in [0.15, 0.2) is 22.8 Å². The lowest BCUT2D eigenvalue weighted by atomic mass is 9.78. The Kier molecular flexibility index (Phi) is 2.61. The van der Waals surface area contributed by atoms with E-state index >= 15 is 0 Å². The zero-order valence-corrected chi connectivity index (χ0v) is 8.53. The summed E-state index contributed by atoms with van der Waals surface area (Å²) in [5.41, 5.74) is 5.87. The van der Waals surface area contributed by atoms with E-state index in [4.69, 9.17) is 14.9 Å². The van der Waals surface area contributed by atoms with Crippen molar-refractivity contribution in [1.29, 1.82) is 0 Å². The Morgan fingerprint density at radius 3 is 2.79 bits per heavy atom. The summed E-state index contributed by atoms with van der Waals surface area (Å²) in [6, 6.07) is 4.22. The van der Waals surface area contributed by atoms with Crippen LogP contribution in [0.4, 0.5) is 0 Å². The average molecular weight is 195 g/mol. The van der Waals surface area contributed by atoms with Crippen LogP contribution in [0.1, 0.15) is 25.5 Å². The summed E-state index contributed by atoms with van der Waals surface area (Å²) in [7, 11) is 0. The summed E-state index contributed by atoms with van der Waals surface area (Å²) in [5, 5.41) is 0. The zero-order chi connectivity index (χ0) is 10.0. The SMILES string of the molecule is CC(N)CCC1(c2ccco2)COC1. The van der Waals surface area contributed by atoms with Crippen LogP contribution in [0.2, 0.25) is 0 Å². The molecule has 1 fully saturated rings. The van der Waals surface area contributed by atoms with Gasteiger partial charge >= 0.3 is 0 Å². The molecule has 0 spiro atoms. The summed E-state index contributed by atoms with van der Waals surface area (Å²) < 4.78 is 10.7. The third kappa shape index (κ3) is 1.70. The first-order valence-electron chi connectivity index (χ1n) is 5.10. The highest BCUT2D eigenvalue weighted by atomic mass is 16.5. The van der Waals surface area contributed by atoms with Crippen LogP contribution >= 0.6 is 0 Å². The molecule has 1 atom stereocenters. The van der Waals surface area contributed by atoms with Gasteiger partial charge in [0.1, 0.15) is 5.76 Å². The molecule has 0 amide bonds. The minimum atomic E-state index is 0.108. The highest BCUT2D eigenvalue weighted by Crippen LogP contribution is 2.37. The molecule has 1 aromatic heterocycles. The molecule has 0 bridgehead atoms. The number of hydrogen-bond donors (Lipinski definition) is 1. The van der Waals surface area contributed by atoms with Gasteiger partial charge in [-0.3, -0.25) is 0 Å². The molecule has 3 heteroatoms. The van der Waals surface area contributed by atoms with Crippen LogP contribution in [-0.4, -0.2) is 19.3 Å². The highest BCUT2D eigenvalue weighted by molar-refractivity contribution is 5.17. The van der Waals surface area contributed by atoms with Crippen molar-refractivity contribution < 1.29 is 9.15 Å². The molecule has 1 saturated heterocycles.